The Hall–Kier alpha value is -0.300. The second kappa shape index (κ2) is 6.24. The molecule has 0 atom stereocenters. The van der Waals surface area contributed by atoms with Gasteiger partial charge in [-0.3, -0.25) is 0 Å². The van der Waals surface area contributed by atoms with E-state index in [-0.39, 0.29) is 0 Å². The number of nitrogens with zero attached hydrogens (tertiary/aromatic N) is 1. The van der Waals surface area contributed by atoms with E-state index in [1.165, 1.54) is 13.0 Å². The Labute approximate surface area is 77.5 Å². The van der Waals surface area contributed by atoms with Crippen LogP contribution in [-0.4, -0.2) is 25.0 Å². The Balaban J connectivity index is 0.000000261. The van der Waals surface area contributed by atoms with Crippen LogP contribution >= 0.6 is 0 Å². The summed E-state index contributed by atoms with van der Waals surface area (Å²) in [6, 6.07) is 0. The van der Waals surface area contributed by atoms with Gasteiger partial charge in [0.25, 0.3) is 0 Å². The molecule has 0 spiro atoms. The van der Waals surface area contributed by atoms with Crippen LogP contribution in [-0.2, 0) is 0 Å². The molecular formula is C11H23N. The number of hydrogen-bond donors (Lipinski definition) is 0. The third kappa shape index (κ3) is 7.80. The Morgan fingerprint density at radius 2 is 1.83 bits per heavy atom. The quantitative estimate of drug-likeness (QED) is 0.504. The Bertz CT molecular complexity index is 133. The average Bonchev–Trinajstić information content (AvgIpc) is 1.94. The van der Waals surface area contributed by atoms with Crippen molar-refractivity contribution < 1.29 is 0 Å². The van der Waals surface area contributed by atoms with Crippen LogP contribution in [0.15, 0.2) is 11.6 Å². The summed E-state index contributed by atoms with van der Waals surface area (Å²) in [5.74, 6) is 0.833. The number of rotatable bonds is 0. The monoisotopic (exact) mass is 169 g/mol. The lowest BCUT2D eigenvalue weighted by Gasteiger charge is -2.19. The molecule has 1 rings (SSSR count). The second-order valence-corrected chi connectivity index (χ2v) is 4.29. The minimum absolute atomic E-state index is 0.833. The second-order valence-electron chi connectivity index (χ2n) is 4.29. The van der Waals surface area contributed by atoms with Crippen LogP contribution < -0.4 is 0 Å². The molecule has 1 aliphatic heterocycles. The normalized spacial score (nSPS) is 18.3. The van der Waals surface area contributed by atoms with Gasteiger partial charge in [0.2, 0.25) is 0 Å². The van der Waals surface area contributed by atoms with Crippen molar-refractivity contribution in [1.82, 2.24) is 4.90 Å². The third-order valence-corrected chi connectivity index (χ3v) is 1.64. The zero-order valence-corrected chi connectivity index (χ0v) is 9.22. The highest BCUT2D eigenvalue weighted by atomic mass is 15.1. The molecule has 0 amide bonds. The highest BCUT2D eigenvalue weighted by molar-refractivity contribution is 5.02. The van der Waals surface area contributed by atoms with Gasteiger partial charge < -0.3 is 4.90 Å². The van der Waals surface area contributed by atoms with Crippen molar-refractivity contribution in [2.24, 2.45) is 5.92 Å². The summed E-state index contributed by atoms with van der Waals surface area (Å²) in [4.78, 5) is 2.33. The largest absolute Gasteiger partial charge is 0.302 e. The Morgan fingerprint density at radius 3 is 2.08 bits per heavy atom. The smallest absolute Gasteiger partial charge is 0.0162 e. The van der Waals surface area contributed by atoms with Crippen molar-refractivity contribution in [3.05, 3.63) is 11.6 Å². The van der Waals surface area contributed by atoms with Gasteiger partial charge in [0.1, 0.15) is 0 Å². The topological polar surface area (TPSA) is 3.24 Å². The number of hydrogen-bond acceptors (Lipinski definition) is 1. The van der Waals surface area contributed by atoms with Crippen LogP contribution in [0, 0.1) is 5.92 Å². The van der Waals surface area contributed by atoms with Gasteiger partial charge in [-0.2, -0.15) is 0 Å². The molecule has 0 N–H and O–H groups in total. The first-order valence-electron chi connectivity index (χ1n) is 4.86. The third-order valence-electron chi connectivity index (χ3n) is 1.64. The van der Waals surface area contributed by atoms with Crippen LogP contribution in [0.1, 0.15) is 34.1 Å². The minimum atomic E-state index is 0.833. The van der Waals surface area contributed by atoms with Gasteiger partial charge >= 0.3 is 0 Å². The minimum Gasteiger partial charge on any atom is -0.302 e. The fraction of sp³-hybridized carbons (Fsp3) is 0.818. The fourth-order valence-electron chi connectivity index (χ4n) is 0.872. The highest BCUT2D eigenvalue weighted by Gasteiger charge is 2.01. The summed E-state index contributed by atoms with van der Waals surface area (Å²) in [5.41, 5.74) is 1.54. The molecule has 0 aromatic rings. The Morgan fingerprint density at radius 1 is 1.33 bits per heavy atom. The first kappa shape index (κ1) is 11.7. The van der Waals surface area contributed by atoms with E-state index in [0.717, 1.165) is 12.5 Å². The first-order valence-corrected chi connectivity index (χ1v) is 4.86. The molecule has 0 unspecified atom stereocenters. The molecule has 0 fully saturated rings. The van der Waals surface area contributed by atoms with Crippen LogP contribution in [0.25, 0.3) is 0 Å². The molecule has 1 heterocycles. The summed E-state index contributed by atoms with van der Waals surface area (Å²) in [6.07, 6.45) is 3.56. The lowest BCUT2D eigenvalue weighted by Crippen LogP contribution is -2.23. The van der Waals surface area contributed by atoms with Crippen molar-refractivity contribution >= 4 is 0 Å². The molecule has 0 bridgehead atoms. The summed E-state index contributed by atoms with van der Waals surface area (Å²) in [6.45, 7) is 11.1. The van der Waals surface area contributed by atoms with E-state index in [1.807, 2.05) is 0 Å². The predicted molar refractivity (Wildman–Crippen MR) is 56.4 cm³/mol. The molecule has 1 nitrogen and oxygen atoms in total. The van der Waals surface area contributed by atoms with E-state index < -0.39 is 0 Å². The maximum absolute atomic E-state index is 2.33. The molecular weight excluding hydrogens is 146 g/mol. The van der Waals surface area contributed by atoms with Crippen molar-refractivity contribution in [2.45, 2.75) is 34.1 Å². The lowest BCUT2D eigenvalue weighted by molar-refractivity contribution is 0.359. The van der Waals surface area contributed by atoms with Crippen molar-refractivity contribution in [2.75, 3.05) is 20.1 Å². The molecule has 0 aromatic carbocycles. The molecule has 1 aliphatic rings. The van der Waals surface area contributed by atoms with Crippen molar-refractivity contribution in [1.29, 1.82) is 0 Å². The summed E-state index contributed by atoms with van der Waals surface area (Å²) >= 11 is 0. The summed E-state index contributed by atoms with van der Waals surface area (Å²) in [7, 11) is 2.16. The van der Waals surface area contributed by atoms with Gasteiger partial charge in [-0.05, 0) is 26.3 Å². The maximum atomic E-state index is 2.33. The Kier molecular flexibility index (Phi) is 6.09. The zero-order valence-electron chi connectivity index (χ0n) is 9.22. The van der Waals surface area contributed by atoms with Crippen molar-refractivity contribution in [3.8, 4) is 0 Å². The molecule has 0 saturated heterocycles. The van der Waals surface area contributed by atoms with Crippen LogP contribution in [0.3, 0.4) is 0 Å². The molecule has 1 heteroatoms. The summed E-state index contributed by atoms with van der Waals surface area (Å²) in [5, 5.41) is 0. The number of likely N-dealkylation sites (N-methyl/N-ethyl adjacent to an activating group) is 1. The van der Waals surface area contributed by atoms with Gasteiger partial charge in [-0.25, -0.2) is 0 Å². The predicted octanol–water partition coefficient (Wildman–Crippen LogP) is 2.93. The van der Waals surface area contributed by atoms with E-state index >= 15 is 0 Å². The van der Waals surface area contributed by atoms with Gasteiger partial charge in [0.05, 0.1) is 0 Å². The van der Waals surface area contributed by atoms with E-state index in [4.69, 9.17) is 0 Å². The maximum Gasteiger partial charge on any atom is 0.0162 e. The molecule has 0 saturated carbocycles. The molecule has 12 heavy (non-hydrogen) atoms. The molecule has 0 radical (unpaired) electrons. The average molecular weight is 169 g/mol. The van der Waals surface area contributed by atoms with Gasteiger partial charge in [0.15, 0.2) is 0 Å². The summed E-state index contributed by atoms with van der Waals surface area (Å²) < 4.78 is 0. The van der Waals surface area contributed by atoms with Crippen LogP contribution in [0.5, 0.6) is 0 Å². The van der Waals surface area contributed by atoms with E-state index in [2.05, 4.69) is 45.7 Å². The van der Waals surface area contributed by atoms with Crippen LogP contribution in [0.4, 0.5) is 0 Å². The molecule has 0 aromatic heterocycles. The fourth-order valence-corrected chi connectivity index (χ4v) is 0.872. The SMILES string of the molecule is CC(C)C.CC1=CCN(C)CC1. The first-order chi connectivity index (χ1) is 5.52. The van der Waals surface area contributed by atoms with Gasteiger partial charge in [-0.15, -0.1) is 0 Å². The van der Waals surface area contributed by atoms with Gasteiger partial charge in [-0.1, -0.05) is 32.4 Å². The van der Waals surface area contributed by atoms with Gasteiger partial charge in [0, 0.05) is 13.1 Å². The van der Waals surface area contributed by atoms with Crippen LogP contribution in [0.2, 0.25) is 0 Å². The van der Waals surface area contributed by atoms with E-state index in [0.29, 0.717) is 0 Å². The van der Waals surface area contributed by atoms with E-state index in [1.54, 1.807) is 5.57 Å². The lowest BCUT2D eigenvalue weighted by atomic mass is 10.1. The van der Waals surface area contributed by atoms with Crippen molar-refractivity contribution in [3.63, 3.8) is 0 Å². The molecule has 0 aliphatic carbocycles. The zero-order chi connectivity index (χ0) is 9.56. The standard InChI is InChI=1S/C7H13N.C4H10/c1-7-3-5-8(2)6-4-7;1-4(2)3/h3H,4-6H2,1-2H3;4H,1-3H3. The van der Waals surface area contributed by atoms with E-state index in [9.17, 15) is 0 Å². The highest BCUT2D eigenvalue weighted by Crippen LogP contribution is 2.06. The molecule has 72 valence electrons.